The summed E-state index contributed by atoms with van der Waals surface area (Å²) >= 11 is 0. The third kappa shape index (κ3) is 7.11. The zero-order valence-corrected chi connectivity index (χ0v) is 27.1. The van der Waals surface area contributed by atoms with Crippen LogP contribution < -0.4 is 15.1 Å². The monoisotopic (exact) mass is 630 g/mol. The number of nitrogens with one attached hydrogen (secondary N) is 1. The number of oxazole rings is 1. The minimum Gasteiger partial charge on any atom is -0.460 e. The molecule has 10 heteroatoms. The molecular formula is C36H43FN4O5. The lowest BCUT2D eigenvalue weighted by Crippen LogP contribution is -2.47. The third-order valence-electron chi connectivity index (χ3n) is 9.08. The van der Waals surface area contributed by atoms with Gasteiger partial charge in [-0.05, 0) is 83.6 Å². The molecule has 244 valence electrons. The molecule has 2 saturated carbocycles. The lowest BCUT2D eigenvalue weighted by molar-refractivity contribution is -0.161. The first-order valence-electron chi connectivity index (χ1n) is 16.4. The Morgan fingerprint density at radius 3 is 2.33 bits per heavy atom. The van der Waals surface area contributed by atoms with Gasteiger partial charge in [-0.3, -0.25) is 14.4 Å². The van der Waals surface area contributed by atoms with Crippen LogP contribution in [0.4, 0.5) is 15.8 Å². The molecule has 3 aliphatic rings. The van der Waals surface area contributed by atoms with E-state index in [0.29, 0.717) is 57.0 Å². The Hall–Kier alpha value is -4.21. The second-order valence-corrected chi connectivity index (χ2v) is 13.9. The van der Waals surface area contributed by atoms with E-state index in [4.69, 9.17) is 9.15 Å². The van der Waals surface area contributed by atoms with Crippen molar-refractivity contribution in [2.75, 3.05) is 36.0 Å². The van der Waals surface area contributed by atoms with Crippen LogP contribution in [-0.2, 0) is 9.53 Å². The van der Waals surface area contributed by atoms with E-state index in [-0.39, 0.29) is 40.7 Å². The fraction of sp³-hybridized carbons (Fsp3) is 0.500. The number of benzene rings is 2. The number of nitrogens with zero attached hydrogens (tertiary/aromatic N) is 3. The van der Waals surface area contributed by atoms with E-state index < -0.39 is 23.1 Å². The first-order valence-corrected chi connectivity index (χ1v) is 16.4. The number of hydrogen-bond donors (Lipinski definition) is 1. The molecule has 1 aromatic heterocycles. The summed E-state index contributed by atoms with van der Waals surface area (Å²) in [6.45, 7) is 10.1. The van der Waals surface area contributed by atoms with Crippen molar-refractivity contribution in [3.8, 4) is 0 Å². The summed E-state index contributed by atoms with van der Waals surface area (Å²) in [5.41, 5.74) is 2.31. The van der Waals surface area contributed by atoms with E-state index in [9.17, 15) is 14.4 Å². The summed E-state index contributed by atoms with van der Waals surface area (Å²) in [5, 5.41) is 2.93. The highest BCUT2D eigenvalue weighted by Gasteiger charge is 2.34. The summed E-state index contributed by atoms with van der Waals surface area (Å²) in [6, 6.07) is 10.5. The van der Waals surface area contributed by atoms with Gasteiger partial charge in [0.25, 0.3) is 5.91 Å². The number of para-hydroxylation sites is 1. The number of ether oxygens (including phenoxy) is 1. The maximum absolute atomic E-state index is 15.8. The number of aryl methyl sites for hydroxylation is 1. The molecule has 3 fully saturated rings. The SMILES string of the molecule is Cc1ccccc1N1CCN(c2cc(F)c(C(=O)NC3CCCC(C(=O)OC(C)(C)C)C3)cc2C(=O)c2coc(C3CC3)n2)CC1. The van der Waals surface area contributed by atoms with E-state index in [2.05, 4.69) is 34.3 Å². The Kier molecular flexibility index (Phi) is 8.90. The van der Waals surface area contributed by atoms with Gasteiger partial charge in [-0.1, -0.05) is 24.6 Å². The molecule has 1 N–H and O–H groups in total. The van der Waals surface area contributed by atoms with Gasteiger partial charge in [0.15, 0.2) is 5.89 Å². The Morgan fingerprint density at radius 1 is 0.957 bits per heavy atom. The van der Waals surface area contributed by atoms with Gasteiger partial charge in [-0.2, -0.15) is 0 Å². The highest BCUT2D eigenvalue weighted by Crippen LogP contribution is 2.40. The van der Waals surface area contributed by atoms with Crippen molar-refractivity contribution in [3.05, 3.63) is 76.8 Å². The minimum absolute atomic E-state index is 0.146. The predicted octanol–water partition coefficient (Wildman–Crippen LogP) is 6.19. The van der Waals surface area contributed by atoms with Crippen LogP contribution in [0.15, 0.2) is 47.1 Å². The minimum atomic E-state index is -0.705. The summed E-state index contributed by atoms with van der Waals surface area (Å²) in [6.07, 6.45) is 5.82. The second kappa shape index (κ2) is 12.9. The van der Waals surface area contributed by atoms with Crippen LogP contribution >= 0.6 is 0 Å². The topological polar surface area (TPSA) is 105 Å². The summed E-state index contributed by atoms with van der Waals surface area (Å²) in [5.74, 6) is -1.59. The number of anilines is 2. The molecule has 2 atom stereocenters. The Morgan fingerprint density at radius 2 is 1.65 bits per heavy atom. The molecule has 46 heavy (non-hydrogen) atoms. The van der Waals surface area contributed by atoms with Crippen molar-refractivity contribution in [1.29, 1.82) is 0 Å². The molecule has 1 amide bonds. The van der Waals surface area contributed by atoms with Crippen molar-refractivity contribution in [2.45, 2.75) is 83.8 Å². The average molecular weight is 631 g/mol. The fourth-order valence-electron chi connectivity index (χ4n) is 6.52. The van der Waals surface area contributed by atoms with E-state index in [1.807, 2.05) is 37.8 Å². The molecule has 6 rings (SSSR count). The summed E-state index contributed by atoms with van der Waals surface area (Å²) < 4.78 is 27.0. The number of halogens is 1. The molecule has 0 radical (unpaired) electrons. The van der Waals surface area contributed by atoms with E-state index in [1.54, 1.807) is 0 Å². The third-order valence-corrected chi connectivity index (χ3v) is 9.08. The van der Waals surface area contributed by atoms with Crippen LogP contribution in [0.2, 0.25) is 0 Å². The molecule has 2 unspecified atom stereocenters. The molecule has 2 aromatic carbocycles. The molecule has 1 saturated heterocycles. The number of carbonyl (C=O) groups excluding carboxylic acids is 3. The smallest absolute Gasteiger partial charge is 0.309 e. The molecule has 2 aliphatic carbocycles. The van der Waals surface area contributed by atoms with Crippen molar-refractivity contribution >= 4 is 29.0 Å². The van der Waals surface area contributed by atoms with Crippen LogP contribution in [0.1, 0.15) is 103 Å². The van der Waals surface area contributed by atoms with E-state index >= 15 is 4.39 Å². The first-order chi connectivity index (χ1) is 22.0. The Balaban J connectivity index is 1.24. The van der Waals surface area contributed by atoms with Gasteiger partial charge in [-0.25, -0.2) is 9.37 Å². The van der Waals surface area contributed by atoms with Gasteiger partial charge in [-0.15, -0.1) is 0 Å². The van der Waals surface area contributed by atoms with Crippen molar-refractivity contribution in [1.82, 2.24) is 10.3 Å². The predicted molar refractivity (Wildman–Crippen MR) is 173 cm³/mol. The first kappa shape index (κ1) is 31.8. The summed E-state index contributed by atoms with van der Waals surface area (Å²) in [4.78, 5) is 48.9. The van der Waals surface area contributed by atoms with Gasteiger partial charge >= 0.3 is 5.97 Å². The van der Waals surface area contributed by atoms with Crippen LogP contribution in [0.3, 0.4) is 0 Å². The maximum atomic E-state index is 15.8. The van der Waals surface area contributed by atoms with Gasteiger partial charge in [0.2, 0.25) is 5.78 Å². The number of piperazine rings is 1. The Labute approximate surface area is 269 Å². The number of aromatic nitrogens is 1. The van der Waals surface area contributed by atoms with Crippen molar-refractivity contribution < 1.29 is 27.9 Å². The quantitative estimate of drug-likeness (QED) is 0.232. The fourth-order valence-corrected chi connectivity index (χ4v) is 6.52. The van der Waals surface area contributed by atoms with Crippen molar-refractivity contribution in [2.24, 2.45) is 5.92 Å². The van der Waals surface area contributed by atoms with Gasteiger partial charge in [0.1, 0.15) is 23.4 Å². The van der Waals surface area contributed by atoms with Crippen LogP contribution in [0.25, 0.3) is 0 Å². The van der Waals surface area contributed by atoms with Gasteiger partial charge < -0.3 is 24.3 Å². The lowest BCUT2D eigenvalue weighted by Gasteiger charge is -2.38. The molecule has 1 aliphatic heterocycles. The highest BCUT2D eigenvalue weighted by molar-refractivity contribution is 6.12. The Bertz CT molecular complexity index is 1620. The lowest BCUT2D eigenvalue weighted by atomic mass is 9.85. The molecule has 3 aromatic rings. The van der Waals surface area contributed by atoms with Gasteiger partial charge in [0, 0.05) is 49.4 Å². The molecule has 0 bridgehead atoms. The number of rotatable bonds is 8. The second-order valence-electron chi connectivity index (χ2n) is 13.9. The van der Waals surface area contributed by atoms with E-state index in [1.165, 1.54) is 24.0 Å². The van der Waals surface area contributed by atoms with Crippen molar-refractivity contribution in [3.63, 3.8) is 0 Å². The number of carbonyl (C=O) groups is 3. The number of hydrogen-bond acceptors (Lipinski definition) is 8. The normalized spacial score (nSPS) is 20.4. The highest BCUT2D eigenvalue weighted by atomic mass is 19.1. The number of ketones is 1. The van der Waals surface area contributed by atoms with Crippen LogP contribution in [0.5, 0.6) is 0 Å². The molecule has 2 heterocycles. The zero-order chi connectivity index (χ0) is 32.6. The molecular weight excluding hydrogens is 587 g/mol. The largest absolute Gasteiger partial charge is 0.460 e. The zero-order valence-electron chi connectivity index (χ0n) is 27.1. The van der Waals surface area contributed by atoms with Gasteiger partial charge in [0.05, 0.1) is 17.2 Å². The van der Waals surface area contributed by atoms with Crippen LogP contribution in [-0.4, -0.2) is 60.5 Å². The molecule has 0 spiro atoms. The number of amides is 1. The summed E-state index contributed by atoms with van der Waals surface area (Å²) in [7, 11) is 0. The van der Waals surface area contributed by atoms with E-state index in [0.717, 1.165) is 24.9 Å². The van der Waals surface area contributed by atoms with Crippen LogP contribution in [0, 0.1) is 18.7 Å². The standard InChI is InChI=1S/C36H43FN4O5/c1-22-8-5-6-11-30(22)40-14-16-41(17-15-40)31-20-28(37)26(19-27(31)32(42)29-21-45-34(39-29)23-12-13-23)33(43)38-25-10-7-9-24(18-25)35(44)46-36(2,3)4/h5-6,8,11,19-21,23-25H,7,9-10,12-18H2,1-4H3,(H,38,43). The maximum Gasteiger partial charge on any atom is 0.309 e. The average Bonchev–Trinajstić information content (AvgIpc) is 3.76. The molecule has 9 nitrogen and oxygen atoms in total. The number of esters is 1.